The molecule has 1 unspecified atom stereocenters. The van der Waals surface area contributed by atoms with Gasteiger partial charge in [-0.1, -0.05) is 37.6 Å². The van der Waals surface area contributed by atoms with Gasteiger partial charge < -0.3 is 14.4 Å². The molecule has 3 aliphatic rings. The summed E-state index contributed by atoms with van der Waals surface area (Å²) in [5.41, 5.74) is 3.60. The fourth-order valence-electron chi connectivity index (χ4n) is 4.62. The highest BCUT2D eigenvalue weighted by molar-refractivity contribution is 6.30. The minimum Gasteiger partial charge on any atom is -0.437 e. The van der Waals surface area contributed by atoms with Crippen LogP contribution in [-0.2, 0) is 14.3 Å². The highest BCUT2D eigenvalue weighted by Gasteiger charge is 2.46. The van der Waals surface area contributed by atoms with E-state index >= 15 is 0 Å². The summed E-state index contributed by atoms with van der Waals surface area (Å²) >= 11 is 6.08. The van der Waals surface area contributed by atoms with Gasteiger partial charge in [-0.25, -0.2) is 4.79 Å². The van der Waals surface area contributed by atoms with E-state index in [0.717, 1.165) is 48.3 Å². The second-order valence-electron chi connectivity index (χ2n) is 8.41. The zero-order chi connectivity index (χ0) is 20.1. The Morgan fingerprint density at radius 3 is 2.57 bits per heavy atom. The molecule has 4 rings (SSSR count). The van der Waals surface area contributed by atoms with E-state index in [9.17, 15) is 9.59 Å². The fourth-order valence-corrected chi connectivity index (χ4v) is 4.75. The quantitative estimate of drug-likeness (QED) is 0.640. The molecule has 0 radical (unpaired) electrons. The van der Waals surface area contributed by atoms with Crippen LogP contribution in [0.3, 0.4) is 0 Å². The first-order valence-electron chi connectivity index (χ1n) is 9.59. The van der Waals surface area contributed by atoms with Crippen LogP contribution in [0.5, 0.6) is 0 Å². The molecule has 0 bridgehead atoms. The van der Waals surface area contributed by atoms with E-state index in [1.807, 2.05) is 12.1 Å². The Morgan fingerprint density at radius 1 is 1.18 bits per heavy atom. The number of benzene rings is 1. The molecule has 1 saturated heterocycles. The second-order valence-corrected chi connectivity index (χ2v) is 8.84. The van der Waals surface area contributed by atoms with Crippen LogP contribution in [0.2, 0.25) is 5.02 Å². The maximum absolute atomic E-state index is 13.3. The summed E-state index contributed by atoms with van der Waals surface area (Å²) in [5.74, 6) is 0.209. The molecule has 0 aromatic heterocycles. The fraction of sp³-hybridized carbons (Fsp3) is 0.455. The van der Waals surface area contributed by atoms with Crippen LogP contribution in [0.1, 0.15) is 51.0 Å². The van der Waals surface area contributed by atoms with Crippen LogP contribution in [0.25, 0.3) is 0 Å². The number of ether oxygens (including phenoxy) is 2. The van der Waals surface area contributed by atoms with Crippen molar-refractivity contribution in [3.63, 3.8) is 0 Å². The Morgan fingerprint density at radius 2 is 1.89 bits per heavy atom. The summed E-state index contributed by atoms with van der Waals surface area (Å²) in [5, 5.41) is 0.621. The van der Waals surface area contributed by atoms with Crippen LogP contribution in [0.4, 0.5) is 4.79 Å². The van der Waals surface area contributed by atoms with Gasteiger partial charge in [0, 0.05) is 29.3 Å². The van der Waals surface area contributed by atoms with Gasteiger partial charge >= 0.3 is 6.16 Å². The number of hydrogen-bond donors (Lipinski definition) is 0. The molecule has 0 N–H and O–H groups in total. The summed E-state index contributed by atoms with van der Waals surface area (Å²) in [6, 6.07) is 7.40. The monoisotopic (exact) mass is 401 g/mol. The number of carbonyl (C=O) groups is 2. The zero-order valence-electron chi connectivity index (χ0n) is 16.4. The van der Waals surface area contributed by atoms with Crippen molar-refractivity contribution in [2.75, 3.05) is 13.7 Å². The van der Waals surface area contributed by atoms with E-state index in [0.29, 0.717) is 17.2 Å². The van der Waals surface area contributed by atoms with Gasteiger partial charge in [0.2, 0.25) is 0 Å². The Hall–Kier alpha value is -2.27. The van der Waals surface area contributed by atoms with Crippen molar-refractivity contribution in [2.24, 2.45) is 5.41 Å². The molecule has 6 heteroatoms. The molecule has 1 aromatic carbocycles. The Labute approximate surface area is 169 Å². The number of methoxy groups -OCH3 is 1. The molecule has 2 heterocycles. The molecule has 2 aliphatic heterocycles. The molecule has 1 fully saturated rings. The second kappa shape index (κ2) is 6.96. The third-order valence-corrected chi connectivity index (χ3v) is 5.99. The number of Topliss-reactive ketones (excluding diaryl/α,β-unsaturated/α-hetero) is 1. The molecule has 5 nitrogen and oxygen atoms in total. The van der Waals surface area contributed by atoms with Gasteiger partial charge in [0.15, 0.2) is 5.78 Å². The van der Waals surface area contributed by atoms with Gasteiger partial charge in [0.1, 0.15) is 5.76 Å². The Balaban J connectivity index is 1.91. The van der Waals surface area contributed by atoms with Crippen LogP contribution in [-0.4, -0.2) is 30.5 Å². The standard InChI is InChI=1S/C22H24ClNO4/c1-22(2)11-16-19(17(25)12-22)18(13-6-8-14(23)9-7-13)20(28-21(26)27-3)15-5-4-10-24(15)16/h6-9,18H,4-5,10-12H2,1-3H3. The summed E-state index contributed by atoms with van der Waals surface area (Å²) in [4.78, 5) is 27.5. The number of fused-ring (bicyclic) bond motifs is 2. The maximum Gasteiger partial charge on any atom is 0.513 e. The first-order valence-corrected chi connectivity index (χ1v) is 9.96. The number of ketones is 1. The Kier molecular flexibility index (Phi) is 4.74. The van der Waals surface area contributed by atoms with E-state index in [2.05, 4.69) is 18.7 Å². The minimum atomic E-state index is -0.763. The van der Waals surface area contributed by atoms with Gasteiger partial charge in [-0.15, -0.1) is 0 Å². The predicted octanol–water partition coefficient (Wildman–Crippen LogP) is 5.17. The third-order valence-electron chi connectivity index (χ3n) is 5.74. The van der Waals surface area contributed by atoms with Crippen LogP contribution < -0.4 is 0 Å². The largest absolute Gasteiger partial charge is 0.513 e. The molecule has 1 aliphatic carbocycles. The normalized spacial score (nSPS) is 23.5. The molecule has 28 heavy (non-hydrogen) atoms. The van der Waals surface area contributed by atoms with Crippen molar-refractivity contribution >= 4 is 23.5 Å². The van der Waals surface area contributed by atoms with Crippen molar-refractivity contribution in [1.82, 2.24) is 4.90 Å². The van der Waals surface area contributed by atoms with Crippen LogP contribution in [0, 0.1) is 5.41 Å². The van der Waals surface area contributed by atoms with E-state index in [-0.39, 0.29) is 11.2 Å². The maximum atomic E-state index is 13.3. The van der Waals surface area contributed by atoms with Crippen LogP contribution in [0.15, 0.2) is 47.0 Å². The molecular formula is C22H24ClNO4. The SMILES string of the molecule is COC(=O)OC1=C2CCCN2C2=C(C(=O)CC(C)(C)C2)C1c1ccc(Cl)cc1. The number of halogens is 1. The van der Waals surface area contributed by atoms with Gasteiger partial charge in [-0.05, 0) is 42.4 Å². The lowest BCUT2D eigenvalue weighted by Crippen LogP contribution is -2.39. The third kappa shape index (κ3) is 3.22. The van der Waals surface area contributed by atoms with Crippen molar-refractivity contribution in [3.8, 4) is 0 Å². The highest BCUT2D eigenvalue weighted by Crippen LogP contribution is 2.52. The van der Waals surface area contributed by atoms with Crippen molar-refractivity contribution in [2.45, 2.75) is 45.4 Å². The van der Waals surface area contributed by atoms with E-state index < -0.39 is 12.1 Å². The first kappa shape index (κ1) is 19.1. The number of rotatable bonds is 2. The molecule has 0 spiro atoms. The molecule has 0 saturated carbocycles. The van der Waals surface area contributed by atoms with Crippen LogP contribution >= 0.6 is 11.6 Å². The molecule has 1 atom stereocenters. The lowest BCUT2D eigenvalue weighted by atomic mass is 9.69. The van der Waals surface area contributed by atoms with Crippen molar-refractivity contribution < 1.29 is 19.1 Å². The first-order chi connectivity index (χ1) is 13.3. The topological polar surface area (TPSA) is 55.8 Å². The zero-order valence-corrected chi connectivity index (χ0v) is 17.1. The predicted molar refractivity (Wildman–Crippen MR) is 106 cm³/mol. The van der Waals surface area contributed by atoms with E-state index in [4.69, 9.17) is 21.1 Å². The molecule has 148 valence electrons. The average Bonchev–Trinajstić information content (AvgIpc) is 3.12. The van der Waals surface area contributed by atoms with Crippen molar-refractivity contribution in [3.05, 3.63) is 57.6 Å². The van der Waals surface area contributed by atoms with Crippen molar-refractivity contribution in [1.29, 1.82) is 0 Å². The van der Waals surface area contributed by atoms with Gasteiger partial charge in [0.05, 0.1) is 18.7 Å². The van der Waals surface area contributed by atoms with Gasteiger partial charge in [0.25, 0.3) is 0 Å². The number of hydrogen-bond acceptors (Lipinski definition) is 5. The lowest BCUT2D eigenvalue weighted by Gasteiger charge is -2.43. The number of nitrogens with zero attached hydrogens (tertiary/aromatic N) is 1. The van der Waals surface area contributed by atoms with E-state index in [1.54, 1.807) is 12.1 Å². The van der Waals surface area contributed by atoms with Gasteiger partial charge in [-0.2, -0.15) is 0 Å². The number of carbonyl (C=O) groups excluding carboxylic acids is 2. The average molecular weight is 402 g/mol. The minimum absolute atomic E-state index is 0.0884. The Bertz CT molecular complexity index is 898. The molecular weight excluding hydrogens is 378 g/mol. The number of allylic oxidation sites excluding steroid dienone is 3. The smallest absolute Gasteiger partial charge is 0.437 e. The van der Waals surface area contributed by atoms with Gasteiger partial charge in [-0.3, -0.25) is 4.79 Å². The molecule has 0 amide bonds. The highest BCUT2D eigenvalue weighted by atomic mass is 35.5. The molecule has 1 aromatic rings. The summed E-state index contributed by atoms with van der Waals surface area (Å²) in [6.07, 6.45) is 2.31. The lowest BCUT2D eigenvalue weighted by molar-refractivity contribution is -0.118. The van der Waals surface area contributed by atoms with E-state index in [1.165, 1.54) is 7.11 Å². The summed E-state index contributed by atoms with van der Waals surface area (Å²) < 4.78 is 10.4. The summed E-state index contributed by atoms with van der Waals surface area (Å²) in [6.45, 7) is 5.09. The summed E-state index contributed by atoms with van der Waals surface area (Å²) in [7, 11) is 1.29.